The van der Waals surface area contributed by atoms with Crippen molar-refractivity contribution in [2.75, 3.05) is 0 Å². The standard InChI is InChI=1S/C10H8ClFO/c1-2-9(12)7-5-3-4-6-8(7)10(11)13/h2-6,9H,1H2. The molecule has 0 bridgehead atoms. The molecule has 3 heteroatoms. The molecule has 0 aromatic heterocycles. The van der Waals surface area contributed by atoms with E-state index in [1.54, 1.807) is 12.1 Å². The van der Waals surface area contributed by atoms with Crippen molar-refractivity contribution in [2.24, 2.45) is 0 Å². The summed E-state index contributed by atoms with van der Waals surface area (Å²) >= 11 is 5.27. The molecule has 1 unspecified atom stereocenters. The second-order valence-electron chi connectivity index (χ2n) is 2.50. The number of benzene rings is 1. The van der Waals surface area contributed by atoms with E-state index in [0.29, 0.717) is 0 Å². The third-order valence-corrected chi connectivity index (χ3v) is 1.88. The molecule has 0 heterocycles. The van der Waals surface area contributed by atoms with Gasteiger partial charge in [0.05, 0.1) is 0 Å². The molecule has 0 saturated heterocycles. The first-order valence-corrected chi connectivity index (χ1v) is 4.10. The van der Waals surface area contributed by atoms with Gasteiger partial charge in [0.1, 0.15) is 6.17 Å². The molecule has 1 nitrogen and oxygen atoms in total. The van der Waals surface area contributed by atoms with E-state index in [0.717, 1.165) is 6.08 Å². The largest absolute Gasteiger partial charge is 0.276 e. The number of carbonyl (C=O) groups is 1. The lowest BCUT2D eigenvalue weighted by Crippen LogP contribution is -1.98. The van der Waals surface area contributed by atoms with Crippen LogP contribution >= 0.6 is 11.6 Å². The number of halogens is 2. The number of allylic oxidation sites excluding steroid dienone is 1. The molecule has 0 radical (unpaired) electrons. The summed E-state index contributed by atoms with van der Waals surface area (Å²) in [5.74, 6) is 0. The topological polar surface area (TPSA) is 17.1 Å². The lowest BCUT2D eigenvalue weighted by atomic mass is 10.0. The van der Waals surface area contributed by atoms with Crippen LogP contribution in [0.15, 0.2) is 36.9 Å². The quantitative estimate of drug-likeness (QED) is 0.538. The Morgan fingerprint density at radius 1 is 1.54 bits per heavy atom. The highest BCUT2D eigenvalue weighted by atomic mass is 35.5. The number of hydrogen-bond donors (Lipinski definition) is 0. The molecule has 0 saturated carbocycles. The molecule has 1 aromatic rings. The van der Waals surface area contributed by atoms with Crippen LogP contribution in [0.5, 0.6) is 0 Å². The summed E-state index contributed by atoms with van der Waals surface area (Å²) < 4.78 is 13.2. The van der Waals surface area contributed by atoms with Gasteiger partial charge in [-0.25, -0.2) is 4.39 Å². The van der Waals surface area contributed by atoms with Crippen LogP contribution in [-0.2, 0) is 0 Å². The highest BCUT2D eigenvalue weighted by molar-refractivity contribution is 6.67. The summed E-state index contributed by atoms with van der Waals surface area (Å²) in [6, 6.07) is 6.28. The zero-order valence-electron chi connectivity index (χ0n) is 6.84. The van der Waals surface area contributed by atoms with Crippen molar-refractivity contribution >= 4 is 16.8 Å². The van der Waals surface area contributed by atoms with Gasteiger partial charge in [0.2, 0.25) is 0 Å². The molecule has 0 aliphatic carbocycles. The molecule has 0 amide bonds. The van der Waals surface area contributed by atoms with E-state index in [1.165, 1.54) is 12.1 Å². The van der Waals surface area contributed by atoms with E-state index in [4.69, 9.17) is 11.6 Å². The van der Waals surface area contributed by atoms with Gasteiger partial charge in [0.25, 0.3) is 5.24 Å². The fourth-order valence-corrected chi connectivity index (χ4v) is 1.22. The van der Waals surface area contributed by atoms with Crippen LogP contribution in [0.3, 0.4) is 0 Å². The average Bonchev–Trinajstić information content (AvgIpc) is 2.16. The van der Waals surface area contributed by atoms with Crippen molar-refractivity contribution in [1.82, 2.24) is 0 Å². The predicted octanol–water partition coefficient (Wildman–Crippen LogP) is 3.26. The van der Waals surface area contributed by atoms with Crippen LogP contribution in [0.25, 0.3) is 0 Å². The summed E-state index contributed by atoms with van der Waals surface area (Å²) in [5, 5.41) is -0.653. The number of hydrogen-bond acceptors (Lipinski definition) is 1. The Morgan fingerprint density at radius 2 is 2.15 bits per heavy atom. The maximum Gasteiger partial charge on any atom is 0.252 e. The normalized spacial score (nSPS) is 12.2. The van der Waals surface area contributed by atoms with Gasteiger partial charge < -0.3 is 0 Å². The number of alkyl halides is 1. The minimum atomic E-state index is -1.35. The summed E-state index contributed by atoms with van der Waals surface area (Å²) in [6.45, 7) is 3.31. The van der Waals surface area contributed by atoms with Gasteiger partial charge in [0.15, 0.2) is 0 Å². The number of carbonyl (C=O) groups excluding carboxylic acids is 1. The second kappa shape index (κ2) is 4.19. The molecule has 1 aromatic carbocycles. The Balaban J connectivity index is 3.19. The molecule has 1 atom stereocenters. The zero-order valence-corrected chi connectivity index (χ0v) is 7.59. The van der Waals surface area contributed by atoms with Crippen LogP contribution in [-0.4, -0.2) is 5.24 Å². The van der Waals surface area contributed by atoms with E-state index in [1.807, 2.05) is 0 Å². The first-order chi connectivity index (χ1) is 6.16. The Bertz CT molecular complexity index is 335. The van der Waals surface area contributed by atoms with E-state index in [-0.39, 0.29) is 11.1 Å². The van der Waals surface area contributed by atoms with Gasteiger partial charge in [-0.05, 0) is 17.7 Å². The van der Waals surface area contributed by atoms with Crippen molar-refractivity contribution in [3.05, 3.63) is 48.0 Å². The maximum atomic E-state index is 13.2. The summed E-state index contributed by atoms with van der Waals surface area (Å²) in [6.07, 6.45) is -0.225. The highest BCUT2D eigenvalue weighted by Gasteiger charge is 2.13. The van der Waals surface area contributed by atoms with Crippen LogP contribution in [0, 0.1) is 0 Å². The highest BCUT2D eigenvalue weighted by Crippen LogP contribution is 2.23. The lowest BCUT2D eigenvalue weighted by Gasteiger charge is -2.06. The van der Waals surface area contributed by atoms with Crippen LogP contribution in [0.4, 0.5) is 4.39 Å². The fraction of sp³-hybridized carbons (Fsp3) is 0.100. The molecular weight excluding hydrogens is 191 g/mol. The third kappa shape index (κ3) is 2.16. The summed E-state index contributed by atoms with van der Waals surface area (Å²) in [7, 11) is 0. The summed E-state index contributed by atoms with van der Waals surface area (Å²) in [4.78, 5) is 10.9. The molecular formula is C10H8ClFO. The predicted molar refractivity (Wildman–Crippen MR) is 50.7 cm³/mol. The Labute approximate surface area is 80.8 Å². The Hall–Kier alpha value is -1.15. The van der Waals surface area contributed by atoms with E-state index in [2.05, 4.69) is 6.58 Å². The Kier molecular flexibility index (Phi) is 3.20. The zero-order chi connectivity index (χ0) is 9.84. The fourth-order valence-electron chi connectivity index (χ4n) is 1.04. The smallest absolute Gasteiger partial charge is 0.252 e. The first kappa shape index (κ1) is 9.93. The van der Waals surface area contributed by atoms with Gasteiger partial charge in [-0.3, -0.25) is 4.79 Å². The SMILES string of the molecule is C=CC(F)c1ccccc1C(=O)Cl. The van der Waals surface area contributed by atoms with Crippen molar-refractivity contribution < 1.29 is 9.18 Å². The van der Waals surface area contributed by atoms with E-state index in [9.17, 15) is 9.18 Å². The van der Waals surface area contributed by atoms with Crippen LogP contribution < -0.4 is 0 Å². The molecule has 68 valence electrons. The third-order valence-electron chi connectivity index (χ3n) is 1.68. The first-order valence-electron chi connectivity index (χ1n) is 3.72. The Morgan fingerprint density at radius 3 is 2.69 bits per heavy atom. The van der Waals surface area contributed by atoms with Gasteiger partial charge in [0, 0.05) is 11.1 Å². The average molecular weight is 199 g/mol. The van der Waals surface area contributed by atoms with Gasteiger partial charge >= 0.3 is 0 Å². The monoisotopic (exact) mass is 198 g/mol. The second-order valence-corrected chi connectivity index (χ2v) is 2.84. The van der Waals surface area contributed by atoms with Crippen molar-refractivity contribution in [3.8, 4) is 0 Å². The van der Waals surface area contributed by atoms with Crippen LogP contribution in [0.1, 0.15) is 22.1 Å². The van der Waals surface area contributed by atoms with E-state index < -0.39 is 11.4 Å². The molecule has 0 aliphatic heterocycles. The van der Waals surface area contributed by atoms with Crippen molar-refractivity contribution in [2.45, 2.75) is 6.17 Å². The lowest BCUT2D eigenvalue weighted by molar-refractivity contribution is 0.107. The molecule has 13 heavy (non-hydrogen) atoms. The molecule has 0 N–H and O–H groups in total. The molecule has 0 aliphatic rings. The van der Waals surface area contributed by atoms with E-state index >= 15 is 0 Å². The summed E-state index contributed by atoms with van der Waals surface area (Å²) in [5.41, 5.74) is 0.453. The minimum Gasteiger partial charge on any atom is -0.276 e. The van der Waals surface area contributed by atoms with Gasteiger partial charge in [-0.15, -0.1) is 0 Å². The van der Waals surface area contributed by atoms with Gasteiger partial charge in [-0.2, -0.15) is 0 Å². The van der Waals surface area contributed by atoms with Crippen LogP contribution in [0.2, 0.25) is 0 Å². The van der Waals surface area contributed by atoms with Crippen molar-refractivity contribution in [3.63, 3.8) is 0 Å². The number of rotatable bonds is 3. The maximum absolute atomic E-state index is 13.2. The van der Waals surface area contributed by atoms with Gasteiger partial charge in [-0.1, -0.05) is 30.9 Å². The molecule has 0 fully saturated rings. The minimum absolute atomic E-state index is 0.191. The van der Waals surface area contributed by atoms with Crippen molar-refractivity contribution in [1.29, 1.82) is 0 Å². The molecule has 0 spiro atoms. The molecule has 1 rings (SSSR count).